The third kappa shape index (κ3) is 6.33. The number of benzene rings is 3. The molecule has 7 atom stereocenters. The van der Waals surface area contributed by atoms with E-state index in [0.717, 1.165) is 5.56 Å². The van der Waals surface area contributed by atoms with Crippen molar-refractivity contribution in [3.05, 3.63) is 129 Å². The molecule has 294 valence electrons. The van der Waals surface area contributed by atoms with Crippen LogP contribution in [-0.4, -0.2) is 68.9 Å². The van der Waals surface area contributed by atoms with Gasteiger partial charge in [-0.05, 0) is 72.8 Å². The molecule has 9 nitrogen and oxygen atoms in total. The van der Waals surface area contributed by atoms with Gasteiger partial charge in [0.1, 0.15) is 22.2 Å². The van der Waals surface area contributed by atoms with Gasteiger partial charge in [-0.1, -0.05) is 116 Å². The number of nitrogens with one attached hydrogen (secondary N) is 2. The van der Waals surface area contributed by atoms with Gasteiger partial charge < -0.3 is 25.6 Å². The lowest BCUT2D eigenvalue weighted by atomic mass is 9.53. The molecule has 0 bridgehead atoms. The zero-order valence-electron chi connectivity index (χ0n) is 31.4. The molecule has 1 aliphatic carbocycles. The Hall–Kier alpha value is -3.90. The second-order valence-corrected chi connectivity index (χ2v) is 17.4. The maximum Gasteiger partial charge on any atom is 0.238 e. The van der Waals surface area contributed by atoms with Gasteiger partial charge in [0.2, 0.25) is 11.8 Å². The molecule has 4 heterocycles. The minimum atomic E-state index is -1.61. The Morgan fingerprint density at radius 2 is 1.64 bits per heavy atom. The third-order valence-corrected chi connectivity index (χ3v) is 13.5. The van der Waals surface area contributed by atoms with Crippen LogP contribution in [0.4, 0.5) is 10.2 Å². The summed E-state index contributed by atoms with van der Waals surface area (Å²) in [5.41, 5.74) is -0.928. The number of nitrogens with zero attached hydrogens (tertiary/aromatic N) is 2. The Balaban J connectivity index is 1.46. The average Bonchev–Trinajstić information content (AvgIpc) is 3.63. The topological polar surface area (TPSA) is 124 Å². The highest BCUT2D eigenvalue weighted by molar-refractivity contribution is 6.31. The van der Waals surface area contributed by atoms with Crippen molar-refractivity contribution in [3.63, 3.8) is 0 Å². The molecule has 0 radical (unpaired) electrons. The van der Waals surface area contributed by atoms with Crippen molar-refractivity contribution in [3.8, 4) is 0 Å². The largest absolute Gasteiger partial charge is 0.394 e. The van der Waals surface area contributed by atoms with Gasteiger partial charge in [-0.3, -0.25) is 14.5 Å². The highest BCUT2D eigenvalue weighted by atomic mass is 35.5. The van der Waals surface area contributed by atoms with Gasteiger partial charge in [0.05, 0.1) is 48.6 Å². The number of ether oxygens (including phenoxy) is 1. The summed E-state index contributed by atoms with van der Waals surface area (Å²) in [6, 6.07) is 24.5. The number of amides is 2. The molecule has 12 heteroatoms. The van der Waals surface area contributed by atoms with Crippen LogP contribution in [0.1, 0.15) is 92.7 Å². The SMILES string of the molecule is CC1(C)CCC2(CC1)N([C@H](c1ccccc1)[C@@H](O)c1ccccc1)[C@@H](C(=O)NC1CC[C@@H](CO)OC1)[C@H](c1cccc(Cl)c1F)[C@]21C(=O)Nc2nc(Cl)ccc21. The molecule has 1 unspecified atom stereocenters. The third-order valence-electron chi connectivity index (χ3n) is 13.0. The first-order valence-corrected chi connectivity index (χ1v) is 20.2. The van der Waals surface area contributed by atoms with Gasteiger partial charge in [-0.2, -0.15) is 0 Å². The fourth-order valence-electron chi connectivity index (χ4n) is 10.3. The summed E-state index contributed by atoms with van der Waals surface area (Å²) in [4.78, 5) is 37.9. The molecule has 56 heavy (non-hydrogen) atoms. The number of aliphatic hydroxyl groups is 2. The maximum absolute atomic E-state index is 17.0. The van der Waals surface area contributed by atoms with Crippen LogP contribution in [0.3, 0.4) is 0 Å². The van der Waals surface area contributed by atoms with Gasteiger partial charge >= 0.3 is 0 Å². The number of carbonyl (C=O) groups is 2. The van der Waals surface area contributed by atoms with Crippen molar-refractivity contribution >= 4 is 40.8 Å². The monoisotopic (exact) mass is 800 g/mol. The Morgan fingerprint density at radius 1 is 0.964 bits per heavy atom. The molecular weight excluding hydrogens is 754 g/mol. The lowest BCUT2D eigenvalue weighted by Gasteiger charge is -2.56. The van der Waals surface area contributed by atoms with Gasteiger partial charge in [0.15, 0.2) is 0 Å². The van der Waals surface area contributed by atoms with Gasteiger partial charge in [-0.25, -0.2) is 9.37 Å². The van der Waals surface area contributed by atoms with Crippen molar-refractivity contribution in [2.24, 2.45) is 5.41 Å². The molecule has 8 rings (SSSR count). The van der Waals surface area contributed by atoms with Gasteiger partial charge in [-0.15, -0.1) is 0 Å². The molecule has 3 fully saturated rings. The van der Waals surface area contributed by atoms with E-state index < -0.39 is 58.7 Å². The van der Waals surface area contributed by atoms with E-state index in [1.54, 1.807) is 24.3 Å². The molecule has 1 aromatic heterocycles. The highest BCUT2D eigenvalue weighted by Gasteiger charge is 2.77. The molecule has 2 saturated heterocycles. The highest BCUT2D eigenvalue weighted by Crippen LogP contribution is 2.69. The number of hydrogen-bond acceptors (Lipinski definition) is 7. The molecule has 4 aromatic rings. The second kappa shape index (κ2) is 15.1. The smallest absolute Gasteiger partial charge is 0.238 e. The number of fused-ring (bicyclic) bond motifs is 3. The van der Waals surface area contributed by atoms with E-state index in [-0.39, 0.29) is 46.3 Å². The van der Waals surface area contributed by atoms with Crippen LogP contribution in [0.2, 0.25) is 10.2 Å². The number of pyridine rings is 1. The number of halogens is 3. The first-order chi connectivity index (χ1) is 26.9. The van der Waals surface area contributed by atoms with Crippen molar-refractivity contribution in [2.75, 3.05) is 18.5 Å². The summed E-state index contributed by atoms with van der Waals surface area (Å²) in [6.07, 6.45) is 1.79. The number of carbonyl (C=O) groups excluding carboxylic acids is 2. The number of aliphatic hydroxyl groups excluding tert-OH is 2. The molecule has 4 N–H and O–H groups in total. The summed E-state index contributed by atoms with van der Waals surface area (Å²) in [6.45, 7) is 4.44. The van der Waals surface area contributed by atoms with E-state index >= 15 is 14.0 Å². The molecular formula is C44H47Cl2FN4O5. The molecule has 1 saturated carbocycles. The Bertz CT molecular complexity index is 2090. The minimum absolute atomic E-state index is 0.114. The number of anilines is 1. The van der Waals surface area contributed by atoms with Crippen molar-refractivity contribution < 1.29 is 28.9 Å². The quantitative estimate of drug-likeness (QED) is 0.135. The Labute approximate surface area is 336 Å². The van der Waals surface area contributed by atoms with E-state index in [4.69, 9.17) is 27.9 Å². The molecule has 3 aromatic carbocycles. The maximum atomic E-state index is 17.0. The molecule has 4 aliphatic rings. The lowest BCUT2D eigenvalue weighted by molar-refractivity contribution is -0.138. The fraction of sp³-hybridized carbons (Fsp3) is 0.432. The number of rotatable bonds is 8. The fourth-order valence-corrected chi connectivity index (χ4v) is 10.6. The van der Waals surface area contributed by atoms with E-state index in [9.17, 15) is 10.2 Å². The van der Waals surface area contributed by atoms with E-state index in [2.05, 4.69) is 34.4 Å². The van der Waals surface area contributed by atoms with E-state index in [1.807, 2.05) is 60.7 Å². The lowest BCUT2D eigenvalue weighted by Crippen LogP contribution is -2.64. The Kier molecular flexibility index (Phi) is 10.5. The predicted octanol–water partition coefficient (Wildman–Crippen LogP) is 7.66. The predicted molar refractivity (Wildman–Crippen MR) is 213 cm³/mol. The van der Waals surface area contributed by atoms with Crippen LogP contribution in [0, 0.1) is 11.2 Å². The second-order valence-electron chi connectivity index (χ2n) is 16.6. The summed E-state index contributed by atoms with van der Waals surface area (Å²) < 4.78 is 23.0. The number of hydrogen-bond donors (Lipinski definition) is 4. The molecule has 3 aliphatic heterocycles. The molecule has 2 amide bonds. The van der Waals surface area contributed by atoms with Gasteiger partial charge in [0, 0.05) is 17.0 Å². The average molecular weight is 802 g/mol. The number of likely N-dealkylation sites (tertiary alicyclic amines) is 1. The summed E-state index contributed by atoms with van der Waals surface area (Å²) in [5.74, 6) is -2.47. The van der Waals surface area contributed by atoms with Crippen LogP contribution in [-0.2, 0) is 19.7 Å². The zero-order valence-corrected chi connectivity index (χ0v) is 32.9. The van der Waals surface area contributed by atoms with Crippen LogP contribution < -0.4 is 10.6 Å². The zero-order chi connectivity index (χ0) is 39.4. The summed E-state index contributed by atoms with van der Waals surface area (Å²) in [5, 5.41) is 28.9. The van der Waals surface area contributed by atoms with Crippen LogP contribution in [0.15, 0.2) is 91.0 Å². The normalized spacial score (nSPS) is 27.8. The number of aromatic nitrogens is 1. The van der Waals surface area contributed by atoms with E-state index in [0.29, 0.717) is 49.7 Å². The van der Waals surface area contributed by atoms with Crippen LogP contribution >= 0.6 is 23.2 Å². The molecule has 2 spiro atoms. The van der Waals surface area contributed by atoms with Crippen molar-refractivity contribution in [1.29, 1.82) is 0 Å². The van der Waals surface area contributed by atoms with Gasteiger partial charge in [0.25, 0.3) is 0 Å². The van der Waals surface area contributed by atoms with Crippen LogP contribution in [0.25, 0.3) is 0 Å². The summed E-state index contributed by atoms with van der Waals surface area (Å²) in [7, 11) is 0. The van der Waals surface area contributed by atoms with Crippen molar-refractivity contribution in [2.45, 2.75) is 99.6 Å². The standard InChI is InChI=1S/C44H47Cl2FN4O5/c1-42(2)20-22-43(23-21-42)44(31-18-19-33(46)49-39(31)50-41(44)55)34(30-14-9-15-32(45)35(30)47)37(40(54)48-28-16-17-29(24-52)56-25-28)51(43)36(26-10-5-3-6-11-26)38(53)27-12-7-4-8-13-27/h3-15,18-19,28-29,34,36-38,52-53H,16-17,20-25H2,1-2H3,(H,48,54)(H,49,50,55)/t28?,29-,34-,36+,37+,38-,44+/m0/s1. The first-order valence-electron chi connectivity index (χ1n) is 19.4. The minimum Gasteiger partial charge on any atom is -0.394 e. The van der Waals surface area contributed by atoms with Crippen molar-refractivity contribution in [1.82, 2.24) is 15.2 Å². The Morgan fingerprint density at radius 3 is 2.29 bits per heavy atom. The van der Waals surface area contributed by atoms with Crippen LogP contribution in [0.5, 0.6) is 0 Å². The summed E-state index contributed by atoms with van der Waals surface area (Å²) >= 11 is 13.1. The van der Waals surface area contributed by atoms with E-state index in [1.165, 1.54) is 6.07 Å². The first kappa shape index (κ1) is 38.9.